The van der Waals surface area contributed by atoms with Crippen LogP contribution >= 0.6 is 15.9 Å². The summed E-state index contributed by atoms with van der Waals surface area (Å²) in [5.74, 6) is 0. The fourth-order valence-corrected chi connectivity index (χ4v) is 4.33. The van der Waals surface area contributed by atoms with Crippen LogP contribution in [0.15, 0.2) is 131 Å². The molecular formula is C30H22BrN. The maximum atomic E-state index is 5.13. The molecule has 0 spiro atoms. The van der Waals surface area contributed by atoms with Gasteiger partial charge in [0.1, 0.15) is 0 Å². The first kappa shape index (κ1) is 20.4. The number of nitrogens with zero attached hydrogens (tertiary/aromatic N) is 1. The van der Waals surface area contributed by atoms with Crippen LogP contribution < -0.4 is 0 Å². The number of benzene rings is 4. The van der Waals surface area contributed by atoms with Gasteiger partial charge in [-0.05, 0) is 46.0 Å². The lowest BCUT2D eigenvalue weighted by molar-refractivity contribution is 1.41. The summed E-state index contributed by atoms with van der Waals surface area (Å²) in [6.45, 7) is 0. The van der Waals surface area contributed by atoms with E-state index >= 15 is 0 Å². The fraction of sp³-hybridized carbons (Fsp3) is 0.0333. The number of allylic oxidation sites excluding steroid dienone is 3. The Kier molecular flexibility index (Phi) is 5.96. The number of aliphatic imine (C=N–C) groups is 1. The van der Waals surface area contributed by atoms with Gasteiger partial charge < -0.3 is 0 Å². The lowest BCUT2D eigenvalue weighted by atomic mass is 10.00. The van der Waals surface area contributed by atoms with Crippen LogP contribution in [0.2, 0.25) is 0 Å². The van der Waals surface area contributed by atoms with Gasteiger partial charge in [0, 0.05) is 16.5 Å². The zero-order chi connectivity index (χ0) is 21.8. The van der Waals surface area contributed by atoms with Crippen LogP contribution in [0.4, 0.5) is 0 Å². The van der Waals surface area contributed by atoms with Gasteiger partial charge in [-0.3, -0.25) is 4.99 Å². The van der Waals surface area contributed by atoms with Crippen LogP contribution in [0.3, 0.4) is 0 Å². The second-order valence-corrected chi connectivity index (χ2v) is 8.69. The van der Waals surface area contributed by atoms with Crippen LogP contribution in [0.5, 0.6) is 0 Å². The molecule has 0 amide bonds. The summed E-state index contributed by atoms with van der Waals surface area (Å²) in [5, 5.41) is 0. The van der Waals surface area contributed by atoms with E-state index in [-0.39, 0.29) is 0 Å². The highest BCUT2D eigenvalue weighted by molar-refractivity contribution is 9.10. The van der Waals surface area contributed by atoms with Gasteiger partial charge in [-0.15, -0.1) is 0 Å². The largest absolute Gasteiger partial charge is 0.252 e. The van der Waals surface area contributed by atoms with Crippen LogP contribution in [-0.2, 0) is 0 Å². The number of rotatable bonds is 4. The molecule has 4 aromatic carbocycles. The van der Waals surface area contributed by atoms with Gasteiger partial charge in [0.25, 0.3) is 0 Å². The lowest BCUT2D eigenvalue weighted by Gasteiger charge is -2.08. The van der Waals surface area contributed by atoms with Gasteiger partial charge in [0.05, 0.1) is 11.4 Å². The lowest BCUT2D eigenvalue weighted by Crippen LogP contribution is -1.99. The van der Waals surface area contributed by atoms with Gasteiger partial charge in [0.15, 0.2) is 0 Å². The van der Waals surface area contributed by atoms with Crippen molar-refractivity contribution in [2.24, 2.45) is 4.99 Å². The maximum absolute atomic E-state index is 5.13. The van der Waals surface area contributed by atoms with E-state index in [0.29, 0.717) is 0 Å². The highest BCUT2D eigenvalue weighted by Gasteiger charge is 2.12. The smallest absolute Gasteiger partial charge is 0.0711 e. The number of hydrogen-bond donors (Lipinski definition) is 0. The Morgan fingerprint density at radius 3 is 1.88 bits per heavy atom. The SMILES string of the molecule is Brc1cccc(-c2ccc(C3=CC(c4ccccc4)=CCC(c4ccccc4)=N3)cc2)c1. The highest BCUT2D eigenvalue weighted by atomic mass is 79.9. The molecule has 0 unspecified atom stereocenters. The summed E-state index contributed by atoms with van der Waals surface area (Å²) >= 11 is 3.57. The summed E-state index contributed by atoms with van der Waals surface area (Å²) in [6.07, 6.45) is 5.29. The van der Waals surface area contributed by atoms with Crippen molar-refractivity contribution >= 4 is 32.9 Å². The molecule has 0 fully saturated rings. The predicted molar refractivity (Wildman–Crippen MR) is 140 cm³/mol. The molecule has 1 nitrogen and oxygen atoms in total. The first-order valence-corrected chi connectivity index (χ1v) is 11.5. The molecule has 154 valence electrons. The minimum atomic E-state index is 0.796. The summed E-state index contributed by atoms with van der Waals surface area (Å²) in [7, 11) is 0. The minimum Gasteiger partial charge on any atom is -0.252 e. The van der Waals surface area contributed by atoms with E-state index in [4.69, 9.17) is 4.99 Å². The molecule has 1 aliphatic rings. The molecule has 32 heavy (non-hydrogen) atoms. The Labute approximate surface area is 197 Å². The fourth-order valence-electron chi connectivity index (χ4n) is 3.93. The normalized spacial score (nSPS) is 13.6. The van der Waals surface area contributed by atoms with Crippen molar-refractivity contribution in [3.8, 4) is 11.1 Å². The van der Waals surface area contributed by atoms with Crippen molar-refractivity contribution < 1.29 is 0 Å². The molecule has 0 saturated carbocycles. The summed E-state index contributed by atoms with van der Waals surface area (Å²) < 4.78 is 1.08. The first-order valence-electron chi connectivity index (χ1n) is 10.7. The molecule has 1 aliphatic heterocycles. The van der Waals surface area contributed by atoms with E-state index in [1.165, 1.54) is 22.3 Å². The highest BCUT2D eigenvalue weighted by Crippen LogP contribution is 2.30. The molecule has 0 aromatic heterocycles. The van der Waals surface area contributed by atoms with E-state index in [0.717, 1.165) is 33.4 Å². The van der Waals surface area contributed by atoms with Crippen molar-refractivity contribution in [1.82, 2.24) is 0 Å². The first-order chi connectivity index (χ1) is 15.8. The molecule has 0 radical (unpaired) electrons. The quantitative estimate of drug-likeness (QED) is 0.280. The topological polar surface area (TPSA) is 12.4 Å². The molecular weight excluding hydrogens is 454 g/mol. The average molecular weight is 476 g/mol. The van der Waals surface area contributed by atoms with Crippen molar-refractivity contribution in [1.29, 1.82) is 0 Å². The Morgan fingerprint density at radius 2 is 1.19 bits per heavy atom. The Hall–Kier alpha value is -3.49. The Bertz CT molecular complexity index is 1310. The van der Waals surface area contributed by atoms with E-state index < -0.39 is 0 Å². The van der Waals surface area contributed by atoms with Gasteiger partial charge >= 0.3 is 0 Å². The summed E-state index contributed by atoms with van der Waals surface area (Å²) in [6, 6.07) is 38.1. The zero-order valence-corrected chi connectivity index (χ0v) is 19.2. The van der Waals surface area contributed by atoms with Crippen molar-refractivity contribution in [2.45, 2.75) is 6.42 Å². The number of halogens is 1. The van der Waals surface area contributed by atoms with Gasteiger partial charge in [-0.25, -0.2) is 0 Å². The third kappa shape index (κ3) is 4.56. The third-order valence-electron chi connectivity index (χ3n) is 5.62. The monoisotopic (exact) mass is 475 g/mol. The molecule has 0 aliphatic carbocycles. The third-order valence-corrected chi connectivity index (χ3v) is 6.11. The summed E-state index contributed by atoms with van der Waals surface area (Å²) in [4.78, 5) is 5.13. The molecule has 0 atom stereocenters. The van der Waals surface area contributed by atoms with Crippen LogP contribution in [0.25, 0.3) is 22.4 Å². The van der Waals surface area contributed by atoms with E-state index in [1.807, 2.05) is 12.1 Å². The van der Waals surface area contributed by atoms with Crippen molar-refractivity contribution in [3.05, 3.63) is 143 Å². The predicted octanol–water partition coefficient (Wildman–Crippen LogP) is 8.43. The summed E-state index contributed by atoms with van der Waals surface area (Å²) in [5.41, 5.74) is 9.13. The average Bonchev–Trinajstić information content (AvgIpc) is 3.09. The second kappa shape index (κ2) is 9.33. The standard InChI is InChI=1S/C30H22BrN/c31-28-13-7-12-26(20-28)23-14-16-25(17-15-23)30-21-27(22-8-3-1-4-9-22)18-19-29(32-30)24-10-5-2-6-11-24/h1-18,20-21H,19H2. The molecule has 4 aromatic rings. The molecule has 0 N–H and O–H groups in total. The molecule has 1 heterocycles. The Balaban J connectivity index is 1.56. The van der Waals surface area contributed by atoms with Crippen molar-refractivity contribution in [3.63, 3.8) is 0 Å². The molecule has 0 bridgehead atoms. The van der Waals surface area contributed by atoms with Gasteiger partial charge in [0.2, 0.25) is 0 Å². The molecule has 0 saturated heterocycles. The van der Waals surface area contributed by atoms with E-state index in [2.05, 4.69) is 125 Å². The van der Waals surface area contributed by atoms with Crippen LogP contribution in [-0.4, -0.2) is 5.71 Å². The second-order valence-electron chi connectivity index (χ2n) is 7.77. The number of hydrogen-bond acceptors (Lipinski definition) is 1. The van der Waals surface area contributed by atoms with Crippen LogP contribution in [0, 0.1) is 0 Å². The Morgan fingerprint density at radius 1 is 0.562 bits per heavy atom. The minimum absolute atomic E-state index is 0.796. The van der Waals surface area contributed by atoms with Crippen LogP contribution in [0.1, 0.15) is 23.1 Å². The van der Waals surface area contributed by atoms with Gasteiger partial charge in [-0.1, -0.05) is 119 Å². The molecule has 2 heteroatoms. The van der Waals surface area contributed by atoms with Gasteiger partial charge in [-0.2, -0.15) is 0 Å². The van der Waals surface area contributed by atoms with Crippen molar-refractivity contribution in [2.75, 3.05) is 0 Å². The zero-order valence-electron chi connectivity index (χ0n) is 17.6. The maximum Gasteiger partial charge on any atom is 0.0711 e. The van der Waals surface area contributed by atoms with E-state index in [9.17, 15) is 0 Å². The van der Waals surface area contributed by atoms with E-state index in [1.54, 1.807) is 0 Å². The molecule has 5 rings (SSSR count).